The Labute approximate surface area is 129 Å². The number of nitrogens with one attached hydrogen (secondary N) is 1. The van der Waals surface area contributed by atoms with Gasteiger partial charge in [0.05, 0.1) is 4.90 Å². The zero-order valence-corrected chi connectivity index (χ0v) is 13.0. The molecule has 0 saturated carbocycles. The summed E-state index contributed by atoms with van der Waals surface area (Å²) in [5.74, 6) is -1.38. The molecule has 1 atom stereocenters. The van der Waals surface area contributed by atoms with Crippen LogP contribution in [0.1, 0.15) is 26.2 Å². The van der Waals surface area contributed by atoms with Gasteiger partial charge in [-0.1, -0.05) is 0 Å². The maximum absolute atomic E-state index is 12.6. The monoisotopic (exact) mass is 326 g/mol. The largest absolute Gasteiger partial charge is 0.480 e. The zero-order chi connectivity index (χ0) is 16.3. The standard InChI is InChI=1S/C14H18N2O5S/c1-10(17)15-11-5-7-12(8-6-11)22(20,21)16-9-3-2-4-13(16)14(18)19/h5-8,13H,2-4,9H2,1H3,(H,15,17)(H,18,19)/t13-/m0/s1. The molecule has 0 spiro atoms. The molecule has 0 aliphatic carbocycles. The highest BCUT2D eigenvalue weighted by Crippen LogP contribution is 2.26. The molecule has 8 heteroatoms. The highest BCUT2D eigenvalue weighted by molar-refractivity contribution is 7.89. The number of nitrogens with zero attached hydrogens (tertiary/aromatic N) is 1. The van der Waals surface area contributed by atoms with E-state index in [9.17, 15) is 23.1 Å². The van der Waals surface area contributed by atoms with E-state index in [4.69, 9.17) is 0 Å². The molecule has 1 fully saturated rings. The molecular weight excluding hydrogens is 308 g/mol. The smallest absolute Gasteiger partial charge is 0.322 e. The van der Waals surface area contributed by atoms with Crippen molar-refractivity contribution in [2.24, 2.45) is 0 Å². The van der Waals surface area contributed by atoms with Gasteiger partial charge >= 0.3 is 5.97 Å². The first-order chi connectivity index (χ1) is 10.3. The number of hydrogen-bond acceptors (Lipinski definition) is 4. The predicted octanol–water partition coefficient (Wildman–Crippen LogP) is 1.27. The molecular formula is C14H18N2O5S. The average Bonchev–Trinajstić information content (AvgIpc) is 2.47. The van der Waals surface area contributed by atoms with Crippen LogP contribution in [0.2, 0.25) is 0 Å². The van der Waals surface area contributed by atoms with E-state index in [-0.39, 0.29) is 17.3 Å². The van der Waals surface area contributed by atoms with Crippen molar-refractivity contribution in [3.8, 4) is 0 Å². The van der Waals surface area contributed by atoms with E-state index in [2.05, 4.69) is 5.32 Å². The molecule has 0 bridgehead atoms. The van der Waals surface area contributed by atoms with Crippen molar-refractivity contribution in [1.29, 1.82) is 0 Å². The third-order valence-electron chi connectivity index (χ3n) is 3.52. The molecule has 120 valence electrons. The zero-order valence-electron chi connectivity index (χ0n) is 12.2. The van der Waals surface area contributed by atoms with E-state index in [1.165, 1.54) is 31.2 Å². The van der Waals surface area contributed by atoms with Crippen molar-refractivity contribution in [3.05, 3.63) is 24.3 Å². The number of carbonyl (C=O) groups is 2. The van der Waals surface area contributed by atoms with E-state index in [1.54, 1.807) is 0 Å². The minimum Gasteiger partial charge on any atom is -0.480 e. The van der Waals surface area contributed by atoms with Crippen molar-refractivity contribution >= 4 is 27.6 Å². The molecule has 1 saturated heterocycles. The number of benzene rings is 1. The highest BCUT2D eigenvalue weighted by Gasteiger charge is 2.37. The predicted molar refractivity (Wildman–Crippen MR) is 79.9 cm³/mol. The Kier molecular flexibility index (Phi) is 4.82. The van der Waals surface area contributed by atoms with Crippen molar-refractivity contribution in [2.75, 3.05) is 11.9 Å². The first-order valence-corrected chi connectivity index (χ1v) is 8.38. The minimum absolute atomic E-state index is 0.0229. The highest BCUT2D eigenvalue weighted by atomic mass is 32.2. The van der Waals surface area contributed by atoms with Crippen LogP contribution in [0.5, 0.6) is 0 Å². The van der Waals surface area contributed by atoms with Gasteiger partial charge < -0.3 is 10.4 Å². The first-order valence-electron chi connectivity index (χ1n) is 6.94. The third kappa shape index (κ3) is 3.45. The fourth-order valence-corrected chi connectivity index (χ4v) is 4.14. The molecule has 1 aliphatic rings. The van der Waals surface area contributed by atoms with Crippen LogP contribution in [0.15, 0.2) is 29.2 Å². The van der Waals surface area contributed by atoms with Crippen molar-refractivity contribution in [2.45, 2.75) is 37.1 Å². The summed E-state index contributed by atoms with van der Waals surface area (Å²) < 4.78 is 26.3. The molecule has 1 heterocycles. The number of amides is 1. The Morgan fingerprint density at radius 2 is 1.86 bits per heavy atom. The lowest BCUT2D eigenvalue weighted by atomic mass is 10.1. The first kappa shape index (κ1) is 16.4. The Bertz CT molecular complexity index is 669. The number of carbonyl (C=O) groups excluding carboxylic acids is 1. The fraction of sp³-hybridized carbons (Fsp3) is 0.429. The van der Waals surface area contributed by atoms with Crippen LogP contribution in [-0.2, 0) is 19.6 Å². The number of sulfonamides is 1. The van der Waals surface area contributed by atoms with Gasteiger partial charge in [0.15, 0.2) is 0 Å². The van der Waals surface area contributed by atoms with E-state index >= 15 is 0 Å². The Hall–Kier alpha value is -1.93. The second kappa shape index (κ2) is 6.45. The van der Waals surface area contributed by atoms with Gasteiger partial charge in [-0.25, -0.2) is 8.42 Å². The summed E-state index contributed by atoms with van der Waals surface area (Å²) in [6, 6.07) is 4.68. The van der Waals surface area contributed by atoms with Crippen LogP contribution in [0.25, 0.3) is 0 Å². The minimum atomic E-state index is -3.86. The summed E-state index contributed by atoms with van der Waals surface area (Å²) in [6.07, 6.45) is 1.66. The van der Waals surface area contributed by atoms with Crippen molar-refractivity contribution < 1.29 is 23.1 Å². The quantitative estimate of drug-likeness (QED) is 0.867. The van der Waals surface area contributed by atoms with Gasteiger partial charge in [0, 0.05) is 19.2 Å². The summed E-state index contributed by atoms with van der Waals surface area (Å²) in [7, 11) is -3.86. The molecule has 1 amide bonds. The van der Waals surface area contributed by atoms with Crippen LogP contribution in [0.3, 0.4) is 0 Å². The summed E-state index contributed by atoms with van der Waals surface area (Å²) in [5.41, 5.74) is 0.486. The van der Waals surface area contributed by atoms with Crippen LogP contribution in [0, 0.1) is 0 Å². The molecule has 0 radical (unpaired) electrons. The number of aliphatic carboxylic acids is 1. The number of piperidine rings is 1. The topological polar surface area (TPSA) is 104 Å². The summed E-state index contributed by atoms with van der Waals surface area (Å²) >= 11 is 0. The van der Waals surface area contributed by atoms with Gasteiger partial charge in [0.2, 0.25) is 15.9 Å². The lowest BCUT2D eigenvalue weighted by Crippen LogP contribution is -2.47. The van der Waals surface area contributed by atoms with Crippen molar-refractivity contribution in [3.63, 3.8) is 0 Å². The van der Waals surface area contributed by atoms with Crippen LogP contribution in [-0.4, -0.2) is 42.3 Å². The van der Waals surface area contributed by atoms with Gasteiger partial charge in [0.1, 0.15) is 6.04 Å². The molecule has 22 heavy (non-hydrogen) atoms. The van der Waals surface area contributed by atoms with Crippen molar-refractivity contribution in [1.82, 2.24) is 4.31 Å². The number of anilines is 1. The lowest BCUT2D eigenvalue weighted by molar-refractivity contribution is -0.142. The molecule has 2 N–H and O–H groups in total. The summed E-state index contributed by atoms with van der Waals surface area (Å²) in [6.45, 7) is 1.56. The normalized spacial score (nSPS) is 19.6. The Morgan fingerprint density at radius 3 is 2.41 bits per heavy atom. The molecule has 1 aliphatic heterocycles. The van der Waals surface area contributed by atoms with E-state index in [0.717, 1.165) is 4.31 Å². The summed E-state index contributed by atoms with van der Waals surface area (Å²) in [4.78, 5) is 22.2. The number of carboxylic acid groups (broad SMARTS) is 1. The van der Waals surface area contributed by atoms with Gasteiger partial charge in [-0.3, -0.25) is 9.59 Å². The van der Waals surface area contributed by atoms with Crippen LogP contribution >= 0.6 is 0 Å². The average molecular weight is 326 g/mol. The molecule has 1 aromatic rings. The molecule has 2 rings (SSSR count). The second-order valence-electron chi connectivity index (χ2n) is 5.17. The molecule has 0 aromatic heterocycles. The van der Waals surface area contributed by atoms with E-state index in [1.807, 2.05) is 0 Å². The van der Waals surface area contributed by atoms with Gasteiger partial charge in [0.25, 0.3) is 0 Å². The Morgan fingerprint density at radius 1 is 1.23 bits per heavy atom. The van der Waals surface area contributed by atoms with E-state index in [0.29, 0.717) is 24.9 Å². The maximum atomic E-state index is 12.6. The molecule has 0 unspecified atom stereocenters. The fourth-order valence-electron chi connectivity index (χ4n) is 2.49. The maximum Gasteiger partial charge on any atom is 0.322 e. The SMILES string of the molecule is CC(=O)Nc1ccc(S(=O)(=O)N2CCCC[C@H]2C(=O)O)cc1. The molecule has 7 nitrogen and oxygen atoms in total. The van der Waals surface area contributed by atoms with E-state index < -0.39 is 22.0 Å². The Balaban J connectivity index is 2.28. The van der Waals surface area contributed by atoms with Gasteiger partial charge in [-0.05, 0) is 43.5 Å². The molecule has 1 aromatic carbocycles. The van der Waals surface area contributed by atoms with Gasteiger partial charge in [-0.15, -0.1) is 0 Å². The van der Waals surface area contributed by atoms with Crippen LogP contribution in [0.4, 0.5) is 5.69 Å². The van der Waals surface area contributed by atoms with Gasteiger partial charge in [-0.2, -0.15) is 4.31 Å². The number of rotatable bonds is 4. The number of hydrogen-bond donors (Lipinski definition) is 2. The van der Waals surface area contributed by atoms with Crippen LogP contribution < -0.4 is 5.32 Å². The summed E-state index contributed by atoms with van der Waals surface area (Å²) in [5, 5.41) is 11.8. The number of carboxylic acids is 1. The second-order valence-corrected chi connectivity index (χ2v) is 7.06. The lowest BCUT2D eigenvalue weighted by Gasteiger charge is -2.31. The third-order valence-corrected chi connectivity index (χ3v) is 5.44.